The number of carbonyl (C=O) groups excluding carboxylic acids is 1. The van der Waals surface area contributed by atoms with Crippen LogP contribution in [0.1, 0.15) is 32.9 Å². The molecule has 3 aromatic rings. The molecule has 0 bridgehead atoms. The van der Waals surface area contributed by atoms with Crippen LogP contribution >= 0.6 is 0 Å². The maximum atomic E-state index is 12.5. The first-order chi connectivity index (χ1) is 12.1. The fourth-order valence-corrected chi connectivity index (χ4v) is 2.52. The third-order valence-electron chi connectivity index (χ3n) is 3.88. The molecule has 25 heavy (non-hydrogen) atoms. The zero-order valence-electron chi connectivity index (χ0n) is 14.4. The Kier molecular flexibility index (Phi) is 4.79. The molecular weight excluding hydrogens is 318 g/mol. The maximum absolute atomic E-state index is 12.5. The summed E-state index contributed by atoms with van der Waals surface area (Å²) in [6.07, 6.45) is 1.61. The predicted molar refractivity (Wildman–Crippen MR) is 93.7 cm³/mol. The molecule has 0 aliphatic heterocycles. The van der Waals surface area contributed by atoms with Crippen LogP contribution in [0.15, 0.2) is 47.1 Å². The molecule has 6 heteroatoms. The molecule has 128 valence electrons. The van der Waals surface area contributed by atoms with Crippen molar-refractivity contribution in [1.82, 2.24) is 10.1 Å². The first-order valence-electron chi connectivity index (χ1n) is 7.93. The number of carbonyl (C=O) groups is 1. The van der Waals surface area contributed by atoms with Crippen molar-refractivity contribution in [2.45, 2.75) is 27.4 Å². The van der Waals surface area contributed by atoms with Gasteiger partial charge in [0.1, 0.15) is 23.9 Å². The van der Waals surface area contributed by atoms with Crippen LogP contribution in [0.3, 0.4) is 0 Å². The fourth-order valence-electron chi connectivity index (χ4n) is 2.52. The van der Waals surface area contributed by atoms with Crippen LogP contribution in [0.25, 0.3) is 0 Å². The molecule has 6 nitrogen and oxygen atoms in total. The Balaban J connectivity index is 1.79. The van der Waals surface area contributed by atoms with Crippen LogP contribution in [0.4, 0.5) is 5.82 Å². The molecule has 2 aromatic heterocycles. The summed E-state index contributed by atoms with van der Waals surface area (Å²) in [5.41, 5.74) is 2.90. The van der Waals surface area contributed by atoms with Crippen LogP contribution in [0, 0.1) is 20.8 Å². The summed E-state index contributed by atoms with van der Waals surface area (Å²) in [6.45, 7) is 5.93. The van der Waals surface area contributed by atoms with E-state index in [1.807, 2.05) is 32.0 Å². The van der Waals surface area contributed by atoms with Gasteiger partial charge in [-0.1, -0.05) is 29.4 Å². The van der Waals surface area contributed by atoms with Gasteiger partial charge in [-0.15, -0.1) is 0 Å². The monoisotopic (exact) mass is 337 g/mol. The second-order valence-electron chi connectivity index (χ2n) is 5.74. The molecule has 0 aliphatic rings. The van der Waals surface area contributed by atoms with E-state index in [0.717, 1.165) is 16.9 Å². The van der Waals surface area contributed by atoms with E-state index in [-0.39, 0.29) is 18.2 Å². The first-order valence-corrected chi connectivity index (χ1v) is 7.93. The number of rotatable bonds is 5. The average molecular weight is 337 g/mol. The van der Waals surface area contributed by atoms with Crippen LogP contribution in [-0.2, 0) is 6.61 Å². The number of aryl methyl sites for hydroxylation is 3. The van der Waals surface area contributed by atoms with E-state index < -0.39 is 0 Å². The van der Waals surface area contributed by atoms with Crippen LogP contribution in [-0.4, -0.2) is 16.0 Å². The highest BCUT2D eigenvalue weighted by atomic mass is 16.5. The minimum Gasteiger partial charge on any atom is -0.488 e. The van der Waals surface area contributed by atoms with Crippen molar-refractivity contribution in [1.29, 1.82) is 0 Å². The van der Waals surface area contributed by atoms with Gasteiger partial charge < -0.3 is 14.6 Å². The van der Waals surface area contributed by atoms with Gasteiger partial charge in [0.05, 0.1) is 5.56 Å². The van der Waals surface area contributed by atoms with Gasteiger partial charge in [-0.2, -0.15) is 0 Å². The molecular formula is C19H19N3O3. The fraction of sp³-hybridized carbons (Fsp3) is 0.211. The van der Waals surface area contributed by atoms with Crippen molar-refractivity contribution in [2.24, 2.45) is 0 Å². The number of benzene rings is 1. The Hall–Kier alpha value is -3.15. The lowest BCUT2D eigenvalue weighted by Gasteiger charge is -2.12. The minimum absolute atomic E-state index is 0.200. The van der Waals surface area contributed by atoms with Gasteiger partial charge in [-0.05, 0) is 44.0 Å². The number of hydrogen-bond donors (Lipinski definition) is 1. The minimum atomic E-state index is -0.379. The quantitative estimate of drug-likeness (QED) is 0.766. The summed E-state index contributed by atoms with van der Waals surface area (Å²) in [5, 5.41) is 6.58. The largest absolute Gasteiger partial charge is 0.488 e. The molecule has 0 aliphatic carbocycles. The Morgan fingerprint density at radius 3 is 2.56 bits per heavy atom. The van der Waals surface area contributed by atoms with Crippen LogP contribution in [0.2, 0.25) is 0 Å². The second kappa shape index (κ2) is 7.17. The van der Waals surface area contributed by atoms with E-state index in [1.165, 1.54) is 0 Å². The SMILES string of the molecule is Cc1cccc(C)c1OCc1c(C(=O)Nc2ccccn2)noc1C. The first kappa shape index (κ1) is 16.7. The smallest absolute Gasteiger partial charge is 0.279 e. The summed E-state index contributed by atoms with van der Waals surface area (Å²) >= 11 is 0. The lowest BCUT2D eigenvalue weighted by atomic mass is 10.1. The number of anilines is 1. The van der Waals surface area contributed by atoms with Crippen molar-refractivity contribution in [3.05, 3.63) is 70.7 Å². The number of hydrogen-bond acceptors (Lipinski definition) is 5. The summed E-state index contributed by atoms with van der Waals surface area (Å²) in [5.74, 6) is 1.43. The number of amides is 1. The summed E-state index contributed by atoms with van der Waals surface area (Å²) in [7, 11) is 0. The second-order valence-corrected chi connectivity index (χ2v) is 5.74. The molecule has 1 amide bonds. The lowest BCUT2D eigenvalue weighted by molar-refractivity contribution is 0.101. The highest BCUT2D eigenvalue weighted by molar-refractivity contribution is 6.03. The van der Waals surface area contributed by atoms with E-state index in [9.17, 15) is 4.79 Å². The van der Waals surface area contributed by atoms with Crippen molar-refractivity contribution < 1.29 is 14.1 Å². The van der Waals surface area contributed by atoms with E-state index in [0.29, 0.717) is 17.1 Å². The standard InChI is InChI=1S/C19H19N3O3/c1-12-7-6-8-13(2)18(12)24-11-15-14(3)25-22-17(15)19(23)21-16-9-4-5-10-20-16/h4-10H,11H2,1-3H3,(H,20,21,23). The predicted octanol–water partition coefficient (Wildman–Crippen LogP) is 3.83. The molecule has 1 aromatic carbocycles. The van der Waals surface area contributed by atoms with Crippen molar-refractivity contribution in [2.75, 3.05) is 5.32 Å². The lowest BCUT2D eigenvalue weighted by Crippen LogP contribution is -2.16. The molecule has 0 saturated heterocycles. The number of nitrogens with one attached hydrogen (secondary N) is 1. The molecule has 3 rings (SSSR count). The molecule has 0 radical (unpaired) electrons. The molecule has 0 fully saturated rings. The molecule has 0 spiro atoms. The molecule has 1 N–H and O–H groups in total. The van der Waals surface area contributed by atoms with Gasteiger partial charge >= 0.3 is 0 Å². The van der Waals surface area contributed by atoms with Gasteiger partial charge in [-0.3, -0.25) is 4.79 Å². The Labute approximate surface area is 145 Å². The topological polar surface area (TPSA) is 77.2 Å². The van der Waals surface area contributed by atoms with E-state index >= 15 is 0 Å². The third kappa shape index (κ3) is 3.68. The number of para-hydroxylation sites is 1. The Morgan fingerprint density at radius 2 is 1.88 bits per heavy atom. The maximum Gasteiger partial charge on any atom is 0.279 e. The highest BCUT2D eigenvalue weighted by Gasteiger charge is 2.21. The van der Waals surface area contributed by atoms with Crippen molar-refractivity contribution >= 4 is 11.7 Å². The van der Waals surface area contributed by atoms with Crippen LogP contribution < -0.4 is 10.1 Å². The average Bonchev–Trinajstić information content (AvgIpc) is 2.96. The highest BCUT2D eigenvalue weighted by Crippen LogP contribution is 2.25. The summed E-state index contributed by atoms with van der Waals surface area (Å²) in [4.78, 5) is 16.5. The molecule has 2 heterocycles. The third-order valence-corrected chi connectivity index (χ3v) is 3.88. The number of pyridine rings is 1. The number of ether oxygens (including phenoxy) is 1. The van der Waals surface area contributed by atoms with Gasteiger partial charge in [0, 0.05) is 6.20 Å². The van der Waals surface area contributed by atoms with Crippen molar-refractivity contribution in [3.63, 3.8) is 0 Å². The number of aromatic nitrogens is 2. The van der Waals surface area contributed by atoms with E-state index in [4.69, 9.17) is 9.26 Å². The Morgan fingerprint density at radius 1 is 1.12 bits per heavy atom. The van der Waals surface area contributed by atoms with Gasteiger partial charge in [-0.25, -0.2) is 4.98 Å². The summed E-state index contributed by atoms with van der Waals surface area (Å²) in [6, 6.07) is 11.2. The normalized spacial score (nSPS) is 10.5. The van der Waals surface area contributed by atoms with Gasteiger partial charge in [0.25, 0.3) is 5.91 Å². The van der Waals surface area contributed by atoms with E-state index in [2.05, 4.69) is 15.5 Å². The molecule has 0 unspecified atom stereocenters. The zero-order valence-corrected chi connectivity index (χ0v) is 14.4. The summed E-state index contributed by atoms with van der Waals surface area (Å²) < 4.78 is 11.1. The van der Waals surface area contributed by atoms with Crippen molar-refractivity contribution in [3.8, 4) is 5.75 Å². The molecule has 0 saturated carbocycles. The zero-order chi connectivity index (χ0) is 17.8. The van der Waals surface area contributed by atoms with Crippen LogP contribution in [0.5, 0.6) is 5.75 Å². The Bertz CT molecular complexity index is 868. The molecule has 0 atom stereocenters. The van der Waals surface area contributed by atoms with Gasteiger partial charge in [0.15, 0.2) is 5.69 Å². The van der Waals surface area contributed by atoms with E-state index in [1.54, 1.807) is 31.3 Å². The van der Waals surface area contributed by atoms with Gasteiger partial charge in [0.2, 0.25) is 0 Å². The number of nitrogens with zero attached hydrogens (tertiary/aromatic N) is 2.